The maximum absolute atomic E-state index is 13.0. The van der Waals surface area contributed by atoms with Gasteiger partial charge in [-0.25, -0.2) is 9.79 Å². The lowest BCUT2D eigenvalue weighted by Crippen LogP contribution is -2.43. The zero-order valence-electron chi connectivity index (χ0n) is 16.9. The lowest BCUT2D eigenvalue weighted by atomic mass is 9.74. The Morgan fingerprint density at radius 2 is 1.81 bits per heavy atom. The first-order chi connectivity index (χ1) is 13.0. The third-order valence-corrected chi connectivity index (χ3v) is 5.30. The Balaban J connectivity index is 2.27. The summed E-state index contributed by atoms with van der Waals surface area (Å²) < 4.78 is 5.63. The Labute approximate surface area is 163 Å². The molecule has 0 radical (unpaired) electrons. The number of aliphatic imine (C=N–C) groups is 1. The van der Waals surface area contributed by atoms with Crippen molar-refractivity contribution in [2.75, 3.05) is 0 Å². The number of cyclic esters (lactones) is 1. The first-order valence-corrected chi connectivity index (χ1v) is 10.3. The molecule has 1 aromatic carbocycles. The van der Waals surface area contributed by atoms with Crippen molar-refractivity contribution < 1.29 is 14.3 Å². The van der Waals surface area contributed by atoms with Gasteiger partial charge in [-0.2, -0.15) is 0 Å². The molecule has 0 saturated carbocycles. The second-order valence-electron chi connectivity index (χ2n) is 8.00. The Kier molecular flexibility index (Phi) is 8.21. The van der Waals surface area contributed by atoms with Crippen LogP contribution in [0.2, 0.25) is 0 Å². The molecule has 4 nitrogen and oxygen atoms in total. The van der Waals surface area contributed by atoms with Crippen LogP contribution in [0.1, 0.15) is 77.7 Å². The minimum atomic E-state index is -0.939. The minimum absolute atomic E-state index is 0.104. The zero-order valence-corrected chi connectivity index (χ0v) is 16.9. The van der Waals surface area contributed by atoms with Gasteiger partial charge in [-0.1, -0.05) is 71.1 Å². The second-order valence-corrected chi connectivity index (χ2v) is 8.00. The Hall–Kier alpha value is -1.97. The molecule has 1 aliphatic heterocycles. The molecule has 0 N–H and O–H groups in total. The molecule has 4 heteroatoms. The summed E-state index contributed by atoms with van der Waals surface area (Å²) in [6.45, 7) is 6.37. The molecule has 1 aromatic rings. The Morgan fingerprint density at radius 3 is 2.44 bits per heavy atom. The SMILES string of the molecule is CCCCCCC[C@H](CC=O)[C@]1(CC(C)C)N=C(c2ccccc2)OC1=O. The van der Waals surface area contributed by atoms with Crippen LogP contribution in [0.25, 0.3) is 0 Å². The molecule has 0 amide bonds. The van der Waals surface area contributed by atoms with Gasteiger partial charge in [-0.05, 0) is 30.9 Å². The molecular weight excluding hydrogens is 338 g/mol. The van der Waals surface area contributed by atoms with E-state index in [4.69, 9.17) is 9.73 Å². The molecule has 0 aliphatic carbocycles. The third kappa shape index (κ3) is 5.50. The van der Waals surface area contributed by atoms with Gasteiger partial charge >= 0.3 is 5.97 Å². The van der Waals surface area contributed by atoms with Crippen molar-refractivity contribution in [3.05, 3.63) is 35.9 Å². The van der Waals surface area contributed by atoms with Gasteiger partial charge in [0.2, 0.25) is 5.90 Å². The molecule has 1 heterocycles. The smallest absolute Gasteiger partial charge is 0.341 e. The fourth-order valence-electron chi connectivity index (χ4n) is 3.97. The number of hydrogen-bond acceptors (Lipinski definition) is 4. The summed E-state index contributed by atoms with van der Waals surface area (Å²) >= 11 is 0. The first-order valence-electron chi connectivity index (χ1n) is 10.3. The monoisotopic (exact) mass is 371 g/mol. The normalized spacial score (nSPS) is 20.4. The van der Waals surface area contributed by atoms with Crippen LogP contribution in [0.4, 0.5) is 0 Å². The third-order valence-electron chi connectivity index (χ3n) is 5.30. The van der Waals surface area contributed by atoms with Gasteiger partial charge < -0.3 is 9.53 Å². The summed E-state index contributed by atoms with van der Waals surface area (Å²) in [7, 11) is 0. The van der Waals surface area contributed by atoms with Crippen molar-refractivity contribution in [3.63, 3.8) is 0 Å². The highest BCUT2D eigenvalue weighted by molar-refractivity contribution is 6.08. The van der Waals surface area contributed by atoms with Gasteiger partial charge in [0.15, 0.2) is 5.54 Å². The number of carbonyl (C=O) groups is 2. The maximum Gasteiger partial charge on any atom is 0.341 e. The minimum Gasteiger partial charge on any atom is -0.405 e. The van der Waals surface area contributed by atoms with Crippen molar-refractivity contribution >= 4 is 18.2 Å². The van der Waals surface area contributed by atoms with Crippen molar-refractivity contribution in [1.29, 1.82) is 0 Å². The number of nitrogens with zero attached hydrogens (tertiary/aromatic N) is 1. The average molecular weight is 372 g/mol. The summed E-state index contributed by atoms with van der Waals surface area (Å²) in [5.74, 6) is 0.275. The van der Waals surface area contributed by atoms with E-state index in [0.717, 1.165) is 31.1 Å². The van der Waals surface area contributed by atoms with Gasteiger partial charge in [0.05, 0.1) is 0 Å². The maximum atomic E-state index is 13.0. The van der Waals surface area contributed by atoms with Crippen molar-refractivity contribution in [1.82, 2.24) is 0 Å². The summed E-state index contributed by atoms with van der Waals surface area (Å²) in [4.78, 5) is 29.2. The van der Waals surface area contributed by atoms with E-state index in [1.807, 2.05) is 30.3 Å². The Bertz CT molecular complexity index is 638. The molecule has 1 aliphatic rings. The van der Waals surface area contributed by atoms with Crippen molar-refractivity contribution in [2.45, 2.75) is 77.7 Å². The van der Waals surface area contributed by atoms with Crippen molar-refractivity contribution in [2.24, 2.45) is 16.8 Å². The fourth-order valence-corrected chi connectivity index (χ4v) is 3.97. The first kappa shape index (κ1) is 21.3. The molecule has 0 saturated heterocycles. The summed E-state index contributed by atoms with van der Waals surface area (Å²) in [6, 6.07) is 9.54. The number of aldehydes is 1. The van der Waals surface area contributed by atoms with Crippen LogP contribution in [-0.4, -0.2) is 23.7 Å². The summed E-state index contributed by atoms with van der Waals surface area (Å²) in [6.07, 6.45) is 8.49. The van der Waals surface area contributed by atoms with Gasteiger partial charge in [0.1, 0.15) is 6.29 Å². The van der Waals surface area contributed by atoms with Gasteiger partial charge in [0.25, 0.3) is 0 Å². The summed E-state index contributed by atoms with van der Waals surface area (Å²) in [5.41, 5.74) is -0.130. The van der Waals surface area contributed by atoms with Crippen LogP contribution in [0, 0.1) is 11.8 Å². The molecule has 0 unspecified atom stereocenters. The molecule has 0 bridgehead atoms. The second kappa shape index (κ2) is 10.4. The van der Waals surface area contributed by atoms with Gasteiger partial charge in [-0.3, -0.25) is 0 Å². The predicted octanol–water partition coefficient (Wildman–Crippen LogP) is 5.34. The standard InChI is InChI=1S/C23H33NO3/c1-4-5-6-7-11-14-20(15-16-25)23(17-18(2)3)22(26)27-21(24-23)19-12-9-8-10-13-19/h8-10,12-13,16,18,20H,4-7,11,14-15,17H2,1-3H3/t20-,23+/m1/s1. The van der Waals surface area contributed by atoms with E-state index in [1.54, 1.807) is 0 Å². The van der Waals surface area contributed by atoms with E-state index in [-0.39, 0.29) is 17.8 Å². The van der Waals surface area contributed by atoms with E-state index in [0.29, 0.717) is 18.7 Å². The highest BCUT2D eigenvalue weighted by Crippen LogP contribution is 2.40. The number of carbonyl (C=O) groups excluding carboxylic acids is 2. The van der Waals surface area contributed by atoms with E-state index in [1.165, 1.54) is 19.3 Å². The van der Waals surface area contributed by atoms with Crippen LogP contribution < -0.4 is 0 Å². The lowest BCUT2D eigenvalue weighted by Gasteiger charge is -2.32. The number of rotatable bonds is 12. The highest BCUT2D eigenvalue weighted by atomic mass is 16.6. The number of ether oxygens (including phenoxy) is 1. The van der Waals surface area contributed by atoms with Gasteiger partial charge in [0, 0.05) is 17.9 Å². The summed E-state index contributed by atoms with van der Waals surface area (Å²) in [5, 5.41) is 0. The molecule has 0 aromatic heterocycles. The largest absolute Gasteiger partial charge is 0.405 e. The number of esters is 1. The zero-order chi connectivity index (χ0) is 19.7. The quantitative estimate of drug-likeness (QED) is 0.283. The van der Waals surface area contributed by atoms with E-state index in [2.05, 4.69) is 20.8 Å². The van der Waals surface area contributed by atoms with Crippen LogP contribution in [0.15, 0.2) is 35.3 Å². The fraction of sp³-hybridized carbons (Fsp3) is 0.609. The average Bonchev–Trinajstić information content (AvgIpc) is 2.98. The van der Waals surface area contributed by atoms with E-state index >= 15 is 0 Å². The van der Waals surface area contributed by atoms with Crippen molar-refractivity contribution in [3.8, 4) is 0 Å². The molecule has 2 rings (SSSR count). The Morgan fingerprint density at radius 1 is 1.11 bits per heavy atom. The van der Waals surface area contributed by atoms with Gasteiger partial charge in [-0.15, -0.1) is 0 Å². The number of benzene rings is 1. The van der Waals surface area contributed by atoms with Crippen LogP contribution in [0.3, 0.4) is 0 Å². The number of hydrogen-bond donors (Lipinski definition) is 0. The van der Waals surface area contributed by atoms with E-state index < -0.39 is 5.54 Å². The van der Waals surface area contributed by atoms with Crippen LogP contribution in [-0.2, 0) is 14.3 Å². The highest BCUT2D eigenvalue weighted by Gasteiger charge is 2.51. The van der Waals surface area contributed by atoms with Crippen LogP contribution >= 0.6 is 0 Å². The molecule has 2 atom stereocenters. The molecule has 0 spiro atoms. The molecular formula is C23H33NO3. The lowest BCUT2D eigenvalue weighted by molar-refractivity contribution is -0.142. The predicted molar refractivity (Wildman–Crippen MR) is 109 cm³/mol. The molecule has 148 valence electrons. The van der Waals surface area contributed by atoms with Crippen LogP contribution in [0.5, 0.6) is 0 Å². The number of unbranched alkanes of at least 4 members (excludes halogenated alkanes) is 4. The molecule has 27 heavy (non-hydrogen) atoms. The molecule has 0 fully saturated rings. The van der Waals surface area contributed by atoms with E-state index in [9.17, 15) is 9.59 Å². The topological polar surface area (TPSA) is 55.7 Å².